The van der Waals surface area contributed by atoms with Crippen LogP contribution in [0.25, 0.3) is 0 Å². The van der Waals surface area contributed by atoms with Gasteiger partial charge in [0.25, 0.3) is 0 Å². The lowest BCUT2D eigenvalue weighted by molar-refractivity contribution is -0.0784. The molecule has 1 aromatic carbocycles. The Kier molecular flexibility index (Phi) is 4.84. The number of ether oxygens (including phenoxy) is 2. The number of hydrogen-bond acceptors (Lipinski definition) is 4. The first kappa shape index (κ1) is 14.8. The van der Waals surface area contributed by atoms with Crippen LogP contribution in [0.2, 0.25) is 0 Å². The summed E-state index contributed by atoms with van der Waals surface area (Å²) in [6, 6.07) is 5.58. The largest absolute Gasteiger partial charge is 0.497 e. The van der Waals surface area contributed by atoms with E-state index >= 15 is 0 Å². The highest BCUT2D eigenvalue weighted by Gasteiger charge is 2.40. The van der Waals surface area contributed by atoms with Crippen LogP contribution in [0.5, 0.6) is 5.75 Å². The van der Waals surface area contributed by atoms with Crippen LogP contribution >= 0.6 is 15.9 Å². The van der Waals surface area contributed by atoms with Gasteiger partial charge in [-0.3, -0.25) is 0 Å². The van der Waals surface area contributed by atoms with E-state index in [1.807, 2.05) is 18.2 Å². The summed E-state index contributed by atoms with van der Waals surface area (Å²) in [5.41, 5.74) is 6.30. The zero-order valence-corrected chi connectivity index (χ0v) is 12.6. The number of aliphatic hydroxyl groups is 1. The minimum absolute atomic E-state index is 0.401. The number of halogens is 1. The van der Waals surface area contributed by atoms with Gasteiger partial charge in [-0.05, 0) is 36.6 Å². The van der Waals surface area contributed by atoms with Gasteiger partial charge in [0, 0.05) is 23.0 Å². The maximum absolute atomic E-state index is 10.8. The quantitative estimate of drug-likeness (QED) is 0.889. The first-order chi connectivity index (χ1) is 9.13. The van der Waals surface area contributed by atoms with Crippen LogP contribution in [-0.2, 0) is 4.74 Å². The molecule has 2 unspecified atom stereocenters. The van der Waals surface area contributed by atoms with Crippen molar-refractivity contribution in [1.82, 2.24) is 0 Å². The summed E-state index contributed by atoms with van der Waals surface area (Å²) < 4.78 is 11.6. The van der Waals surface area contributed by atoms with Crippen molar-refractivity contribution in [3.8, 4) is 5.75 Å². The summed E-state index contributed by atoms with van der Waals surface area (Å²) in [4.78, 5) is 0. The number of methoxy groups -OCH3 is 1. The second-order valence-electron chi connectivity index (χ2n) is 5.01. The Morgan fingerprint density at radius 2 is 2.37 bits per heavy atom. The van der Waals surface area contributed by atoms with E-state index in [0.717, 1.165) is 35.2 Å². The lowest BCUT2D eigenvalue weighted by Gasteiger charge is -2.40. The minimum Gasteiger partial charge on any atom is -0.497 e. The number of rotatable bonds is 4. The van der Waals surface area contributed by atoms with Crippen molar-refractivity contribution >= 4 is 15.9 Å². The van der Waals surface area contributed by atoms with Gasteiger partial charge in [-0.15, -0.1) is 0 Å². The lowest BCUT2D eigenvalue weighted by atomic mass is 9.75. The van der Waals surface area contributed by atoms with Gasteiger partial charge in [0.15, 0.2) is 0 Å². The van der Waals surface area contributed by atoms with Crippen LogP contribution in [0, 0.1) is 5.41 Å². The highest BCUT2D eigenvalue weighted by Crippen LogP contribution is 2.43. The Morgan fingerprint density at radius 1 is 1.58 bits per heavy atom. The van der Waals surface area contributed by atoms with E-state index in [1.165, 1.54) is 0 Å². The van der Waals surface area contributed by atoms with Gasteiger partial charge in [-0.1, -0.05) is 15.9 Å². The Labute approximate surface area is 122 Å². The summed E-state index contributed by atoms with van der Waals surface area (Å²) in [6.07, 6.45) is 1.13. The van der Waals surface area contributed by atoms with Gasteiger partial charge in [0.05, 0.1) is 19.8 Å². The van der Waals surface area contributed by atoms with Crippen LogP contribution in [0.4, 0.5) is 0 Å². The maximum atomic E-state index is 10.8. The molecule has 106 valence electrons. The first-order valence-corrected chi connectivity index (χ1v) is 7.21. The van der Waals surface area contributed by atoms with Crippen LogP contribution < -0.4 is 10.5 Å². The normalized spacial score (nSPS) is 25.1. The number of hydrogen-bond donors (Lipinski definition) is 2. The third kappa shape index (κ3) is 2.94. The van der Waals surface area contributed by atoms with E-state index in [1.54, 1.807) is 7.11 Å². The van der Waals surface area contributed by atoms with Crippen molar-refractivity contribution in [2.75, 3.05) is 26.9 Å². The molecule has 4 nitrogen and oxygen atoms in total. The average Bonchev–Trinajstić information content (AvgIpc) is 2.47. The van der Waals surface area contributed by atoms with E-state index in [4.69, 9.17) is 15.2 Å². The second kappa shape index (κ2) is 6.22. The molecular formula is C14H20BrNO3. The van der Waals surface area contributed by atoms with Crippen LogP contribution in [0.3, 0.4) is 0 Å². The number of benzene rings is 1. The molecule has 0 spiro atoms. The van der Waals surface area contributed by atoms with Crippen molar-refractivity contribution in [3.05, 3.63) is 28.2 Å². The summed E-state index contributed by atoms with van der Waals surface area (Å²) in [6.45, 7) is 1.64. The number of nitrogens with two attached hydrogens (primary N) is 1. The molecule has 5 heteroatoms. The van der Waals surface area contributed by atoms with Crippen LogP contribution in [0.1, 0.15) is 24.5 Å². The van der Waals surface area contributed by atoms with E-state index in [-0.39, 0.29) is 0 Å². The van der Waals surface area contributed by atoms with Crippen molar-refractivity contribution in [2.45, 2.75) is 18.9 Å². The molecule has 0 bridgehead atoms. The molecule has 1 saturated heterocycles. The molecular weight excluding hydrogens is 310 g/mol. The Morgan fingerprint density at radius 3 is 2.95 bits per heavy atom. The number of aliphatic hydroxyl groups excluding tert-OH is 1. The zero-order valence-electron chi connectivity index (χ0n) is 11.1. The van der Waals surface area contributed by atoms with Crippen LogP contribution in [0.15, 0.2) is 22.7 Å². The Hall–Kier alpha value is -0.620. The lowest BCUT2D eigenvalue weighted by Crippen LogP contribution is -2.43. The summed E-state index contributed by atoms with van der Waals surface area (Å²) in [5.74, 6) is 0.723. The molecule has 0 saturated carbocycles. The van der Waals surface area contributed by atoms with E-state index in [9.17, 15) is 5.11 Å². The SMILES string of the molecule is COc1ccc(Br)c(C(O)C2(CN)CCCOC2)c1. The van der Waals surface area contributed by atoms with E-state index in [2.05, 4.69) is 15.9 Å². The van der Waals surface area contributed by atoms with Gasteiger partial charge < -0.3 is 20.3 Å². The van der Waals surface area contributed by atoms with Crippen molar-refractivity contribution in [2.24, 2.45) is 11.1 Å². The van der Waals surface area contributed by atoms with E-state index in [0.29, 0.717) is 13.2 Å². The van der Waals surface area contributed by atoms with E-state index < -0.39 is 11.5 Å². The Balaban J connectivity index is 2.33. The smallest absolute Gasteiger partial charge is 0.119 e. The molecule has 0 aromatic heterocycles. The Bertz CT molecular complexity index is 433. The minimum atomic E-state index is -0.665. The zero-order chi connectivity index (χ0) is 13.9. The fraction of sp³-hybridized carbons (Fsp3) is 0.571. The van der Waals surface area contributed by atoms with Gasteiger partial charge in [0.1, 0.15) is 5.75 Å². The van der Waals surface area contributed by atoms with Gasteiger partial charge in [0.2, 0.25) is 0 Å². The topological polar surface area (TPSA) is 64.7 Å². The van der Waals surface area contributed by atoms with Crippen molar-refractivity contribution in [1.29, 1.82) is 0 Å². The molecule has 1 aliphatic heterocycles. The molecule has 0 amide bonds. The molecule has 19 heavy (non-hydrogen) atoms. The monoisotopic (exact) mass is 329 g/mol. The molecule has 2 atom stereocenters. The molecule has 3 N–H and O–H groups in total. The van der Waals surface area contributed by atoms with Crippen molar-refractivity contribution < 1.29 is 14.6 Å². The van der Waals surface area contributed by atoms with Gasteiger partial charge in [-0.25, -0.2) is 0 Å². The maximum Gasteiger partial charge on any atom is 0.119 e. The molecule has 2 rings (SSSR count). The molecule has 1 aromatic rings. The molecule has 1 aliphatic rings. The molecule has 0 aliphatic carbocycles. The van der Waals surface area contributed by atoms with Crippen LogP contribution in [-0.4, -0.2) is 32.0 Å². The summed E-state index contributed by atoms with van der Waals surface area (Å²) in [7, 11) is 1.61. The first-order valence-electron chi connectivity index (χ1n) is 6.42. The van der Waals surface area contributed by atoms with Crippen molar-refractivity contribution in [3.63, 3.8) is 0 Å². The third-order valence-electron chi connectivity index (χ3n) is 3.84. The predicted octanol–water partition coefficient (Wildman–Crippen LogP) is 2.25. The highest BCUT2D eigenvalue weighted by molar-refractivity contribution is 9.10. The second-order valence-corrected chi connectivity index (χ2v) is 5.87. The molecule has 1 fully saturated rings. The standard InChI is InChI=1S/C14H20BrNO3/c1-18-10-3-4-12(15)11(7-10)13(17)14(8-16)5-2-6-19-9-14/h3-4,7,13,17H,2,5-6,8-9,16H2,1H3. The summed E-state index contributed by atoms with van der Waals surface area (Å²) in [5, 5.41) is 10.8. The average molecular weight is 330 g/mol. The summed E-state index contributed by atoms with van der Waals surface area (Å²) >= 11 is 3.48. The third-order valence-corrected chi connectivity index (χ3v) is 4.56. The molecule has 1 heterocycles. The predicted molar refractivity (Wildman–Crippen MR) is 77.2 cm³/mol. The fourth-order valence-corrected chi connectivity index (χ4v) is 3.01. The fourth-order valence-electron chi connectivity index (χ4n) is 2.55. The van der Waals surface area contributed by atoms with Gasteiger partial charge in [-0.2, -0.15) is 0 Å². The van der Waals surface area contributed by atoms with Gasteiger partial charge >= 0.3 is 0 Å². The molecule has 0 radical (unpaired) electrons. The highest BCUT2D eigenvalue weighted by atomic mass is 79.9.